The SMILES string of the molecule is Nc1cc(C(=O)O)cnc1NCc1ccc(F)c(Cl)c1. The number of nitrogens with zero attached hydrogens (tertiary/aromatic N) is 1. The lowest BCUT2D eigenvalue weighted by Gasteiger charge is -2.09. The first kappa shape index (κ1) is 14.1. The second-order valence-corrected chi connectivity index (χ2v) is 4.48. The fraction of sp³-hybridized carbons (Fsp3) is 0.0769. The van der Waals surface area contributed by atoms with Gasteiger partial charge in [0.1, 0.15) is 11.6 Å². The van der Waals surface area contributed by atoms with Gasteiger partial charge < -0.3 is 16.2 Å². The van der Waals surface area contributed by atoms with Gasteiger partial charge in [-0.1, -0.05) is 17.7 Å². The number of aromatic carboxylic acids is 1. The highest BCUT2D eigenvalue weighted by atomic mass is 35.5. The molecule has 0 aliphatic heterocycles. The first-order chi connectivity index (χ1) is 9.47. The molecule has 0 saturated heterocycles. The maximum atomic E-state index is 13.0. The van der Waals surface area contributed by atoms with Gasteiger partial charge in [0.25, 0.3) is 0 Å². The average molecular weight is 296 g/mol. The molecule has 1 aromatic heterocycles. The predicted molar refractivity (Wildman–Crippen MR) is 74.3 cm³/mol. The zero-order valence-corrected chi connectivity index (χ0v) is 11.0. The van der Waals surface area contributed by atoms with Gasteiger partial charge in [0.05, 0.1) is 16.3 Å². The fourth-order valence-corrected chi connectivity index (χ4v) is 1.78. The van der Waals surface area contributed by atoms with Crippen molar-refractivity contribution in [3.63, 3.8) is 0 Å². The molecule has 5 nitrogen and oxygen atoms in total. The summed E-state index contributed by atoms with van der Waals surface area (Å²) in [6.07, 6.45) is 1.21. The van der Waals surface area contributed by atoms with E-state index in [4.69, 9.17) is 22.4 Å². The van der Waals surface area contributed by atoms with E-state index in [1.54, 1.807) is 6.07 Å². The number of rotatable bonds is 4. The molecule has 104 valence electrons. The number of aromatic nitrogens is 1. The Morgan fingerprint density at radius 2 is 2.20 bits per heavy atom. The van der Waals surface area contributed by atoms with E-state index < -0.39 is 11.8 Å². The molecule has 0 amide bonds. The number of carbonyl (C=O) groups is 1. The minimum absolute atomic E-state index is 0.0119. The lowest BCUT2D eigenvalue weighted by molar-refractivity contribution is 0.0696. The minimum Gasteiger partial charge on any atom is -0.478 e. The monoisotopic (exact) mass is 295 g/mol. The minimum atomic E-state index is -1.10. The summed E-state index contributed by atoms with van der Waals surface area (Å²) in [6.45, 7) is 0.337. The van der Waals surface area contributed by atoms with Crippen molar-refractivity contribution in [2.45, 2.75) is 6.54 Å². The van der Waals surface area contributed by atoms with Crippen LogP contribution in [-0.2, 0) is 6.54 Å². The zero-order valence-electron chi connectivity index (χ0n) is 10.2. The van der Waals surface area contributed by atoms with Crippen molar-refractivity contribution < 1.29 is 14.3 Å². The van der Waals surface area contributed by atoms with E-state index >= 15 is 0 Å². The molecule has 0 aliphatic carbocycles. The van der Waals surface area contributed by atoms with Crippen LogP contribution >= 0.6 is 11.6 Å². The van der Waals surface area contributed by atoms with Crippen LogP contribution in [0, 0.1) is 5.82 Å². The van der Waals surface area contributed by atoms with Crippen LogP contribution in [0.5, 0.6) is 0 Å². The lowest BCUT2D eigenvalue weighted by atomic mass is 10.2. The van der Waals surface area contributed by atoms with Gasteiger partial charge in [-0.3, -0.25) is 0 Å². The molecule has 1 aromatic carbocycles. The molecular formula is C13H11ClFN3O2. The van der Waals surface area contributed by atoms with Crippen molar-refractivity contribution >= 4 is 29.1 Å². The molecule has 20 heavy (non-hydrogen) atoms. The predicted octanol–water partition coefficient (Wildman–Crippen LogP) is 2.77. The summed E-state index contributed by atoms with van der Waals surface area (Å²) in [5, 5.41) is 11.8. The smallest absolute Gasteiger partial charge is 0.337 e. The largest absolute Gasteiger partial charge is 0.478 e. The van der Waals surface area contributed by atoms with E-state index in [1.165, 1.54) is 24.4 Å². The van der Waals surface area contributed by atoms with Crippen LogP contribution in [0.1, 0.15) is 15.9 Å². The van der Waals surface area contributed by atoms with Gasteiger partial charge in [0.2, 0.25) is 0 Å². The number of nitrogens with two attached hydrogens (primary N) is 1. The molecule has 1 heterocycles. The second-order valence-electron chi connectivity index (χ2n) is 4.07. The van der Waals surface area contributed by atoms with Crippen molar-refractivity contribution in [2.24, 2.45) is 0 Å². The van der Waals surface area contributed by atoms with Crippen LogP contribution in [0.2, 0.25) is 5.02 Å². The Kier molecular flexibility index (Phi) is 4.05. The number of halogens is 2. The van der Waals surface area contributed by atoms with Crippen LogP contribution in [-0.4, -0.2) is 16.1 Å². The highest BCUT2D eigenvalue weighted by molar-refractivity contribution is 6.30. The lowest BCUT2D eigenvalue weighted by Crippen LogP contribution is -2.07. The van der Waals surface area contributed by atoms with Gasteiger partial charge in [-0.2, -0.15) is 0 Å². The Morgan fingerprint density at radius 1 is 1.45 bits per heavy atom. The van der Waals surface area contributed by atoms with Gasteiger partial charge in [0.15, 0.2) is 0 Å². The topological polar surface area (TPSA) is 88.2 Å². The maximum Gasteiger partial charge on any atom is 0.337 e. The third-order valence-electron chi connectivity index (χ3n) is 2.61. The van der Waals surface area contributed by atoms with Crippen LogP contribution in [0.15, 0.2) is 30.5 Å². The highest BCUT2D eigenvalue weighted by Crippen LogP contribution is 2.19. The first-order valence-electron chi connectivity index (χ1n) is 5.64. The second kappa shape index (κ2) is 5.75. The Bertz CT molecular complexity index is 664. The van der Waals surface area contributed by atoms with Crippen LogP contribution in [0.3, 0.4) is 0 Å². The zero-order chi connectivity index (χ0) is 14.7. The molecule has 0 unspecified atom stereocenters. The summed E-state index contributed by atoms with van der Waals surface area (Å²) in [5.41, 5.74) is 6.69. The number of carboxylic acids is 1. The summed E-state index contributed by atoms with van der Waals surface area (Å²) in [4.78, 5) is 14.7. The summed E-state index contributed by atoms with van der Waals surface area (Å²) >= 11 is 5.67. The van der Waals surface area contributed by atoms with Gasteiger partial charge >= 0.3 is 5.97 Å². The van der Waals surface area contributed by atoms with Crippen molar-refractivity contribution in [1.29, 1.82) is 0 Å². The Morgan fingerprint density at radius 3 is 2.80 bits per heavy atom. The van der Waals surface area contributed by atoms with E-state index in [1.807, 2.05) is 0 Å². The van der Waals surface area contributed by atoms with Crippen molar-refractivity contribution in [3.05, 3.63) is 52.4 Å². The van der Waals surface area contributed by atoms with Gasteiger partial charge in [0, 0.05) is 12.7 Å². The summed E-state index contributed by atoms with van der Waals surface area (Å²) < 4.78 is 13.0. The van der Waals surface area contributed by atoms with Gasteiger partial charge in [-0.15, -0.1) is 0 Å². The van der Waals surface area contributed by atoms with Crippen LogP contribution in [0.4, 0.5) is 15.9 Å². The third-order valence-corrected chi connectivity index (χ3v) is 2.90. The first-order valence-corrected chi connectivity index (χ1v) is 6.02. The van der Waals surface area contributed by atoms with E-state index in [9.17, 15) is 9.18 Å². The summed E-state index contributed by atoms with van der Waals surface area (Å²) in [5.74, 6) is -1.23. The Balaban J connectivity index is 2.10. The molecule has 7 heteroatoms. The quantitative estimate of drug-likeness (QED) is 0.807. The highest BCUT2D eigenvalue weighted by Gasteiger charge is 2.08. The number of anilines is 2. The summed E-state index contributed by atoms with van der Waals surface area (Å²) in [6, 6.07) is 5.65. The Labute approximate surface area is 119 Å². The molecule has 0 radical (unpaired) electrons. The van der Waals surface area contributed by atoms with Gasteiger partial charge in [-0.05, 0) is 23.8 Å². The van der Waals surface area contributed by atoms with Gasteiger partial charge in [-0.25, -0.2) is 14.2 Å². The fourth-order valence-electron chi connectivity index (χ4n) is 1.58. The van der Waals surface area contributed by atoms with E-state index in [2.05, 4.69) is 10.3 Å². The number of pyridine rings is 1. The molecule has 2 rings (SSSR count). The number of benzene rings is 1. The molecular weight excluding hydrogens is 285 g/mol. The van der Waals surface area contributed by atoms with Crippen LogP contribution in [0.25, 0.3) is 0 Å². The normalized spacial score (nSPS) is 10.3. The number of hydrogen-bond acceptors (Lipinski definition) is 4. The number of carboxylic acid groups (broad SMARTS) is 1. The summed E-state index contributed by atoms with van der Waals surface area (Å²) in [7, 11) is 0. The van der Waals surface area contributed by atoms with E-state index in [-0.39, 0.29) is 16.3 Å². The molecule has 2 aromatic rings. The third kappa shape index (κ3) is 3.16. The molecule has 0 atom stereocenters. The standard InChI is InChI=1S/C13H11ClFN3O2/c14-9-3-7(1-2-10(9)15)5-17-12-11(16)4-8(6-18-12)13(19)20/h1-4,6H,5,16H2,(H,17,18)(H,19,20). The molecule has 0 aliphatic rings. The maximum absolute atomic E-state index is 13.0. The molecule has 0 fully saturated rings. The molecule has 0 spiro atoms. The number of hydrogen-bond donors (Lipinski definition) is 3. The van der Waals surface area contributed by atoms with E-state index in [0.717, 1.165) is 5.56 Å². The molecule has 0 saturated carbocycles. The number of nitrogen functional groups attached to an aromatic ring is 1. The molecule has 0 bridgehead atoms. The van der Waals surface area contributed by atoms with Crippen LogP contribution < -0.4 is 11.1 Å². The number of nitrogens with one attached hydrogen (secondary N) is 1. The van der Waals surface area contributed by atoms with Crippen molar-refractivity contribution in [1.82, 2.24) is 4.98 Å². The Hall–Kier alpha value is -2.34. The average Bonchev–Trinajstić information content (AvgIpc) is 2.41. The van der Waals surface area contributed by atoms with Crippen molar-refractivity contribution in [2.75, 3.05) is 11.1 Å². The van der Waals surface area contributed by atoms with Crippen molar-refractivity contribution in [3.8, 4) is 0 Å². The molecule has 4 N–H and O–H groups in total. The van der Waals surface area contributed by atoms with E-state index in [0.29, 0.717) is 12.4 Å².